The van der Waals surface area contributed by atoms with Gasteiger partial charge in [0, 0.05) is 24.6 Å². The smallest absolute Gasteiger partial charge is 0.407 e. The van der Waals surface area contributed by atoms with Crippen LogP contribution in [0.1, 0.15) is 40.0 Å². The molecule has 0 aromatic rings. The molecule has 1 heterocycles. The van der Waals surface area contributed by atoms with E-state index in [4.69, 9.17) is 9.84 Å². The number of carboxylic acids is 1. The van der Waals surface area contributed by atoms with Gasteiger partial charge in [-0.25, -0.2) is 13.2 Å². The molecule has 1 aliphatic heterocycles. The lowest BCUT2D eigenvalue weighted by Gasteiger charge is -2.28. The first-order chi connectivity index (χ1) is 12.9. The first-order valence-corrected chi connectivity index (χ1v) is 13.0. The van der Waals surface area contributed by atoms with E-state index in [1.807, 2.05) is 0 Å². The van der Waals surface area contributed by atoms with Gasteiger partial charge >= 0.3 is 12.1 Å². The molecule has 3 N–H and O–H groups in total. The van der Waals surface area contributed by atoms with Gasteiger partial charge in [0.1, 0.15) is 5.60 Å². The van der Waals surface area contributed by atoms with Crippen LogP contribution >= 0.6 is 21.6 Å². The Morgan fingerprint density at radius 3 is 2.32 bits per heavy atom. The number of rotatable bonds is 10. The molecule has 162 valence electrons. The number of carboxylic acid groups (broad SMARTS) is 1. The molecule has 1 rings (SSSR count). The lowest BCUT2D eigenvalue weighted by atomic mass is 10.0. The van der Waals surface area contributed by atoms with Crippen molar-refractivity contribution in [2.24, 2.45) is 0 Å². The van der Waals surface area contributed by atoms with E-state index in [-0.39, 0.29) is 31.7 Å². The van der Waals surface area contributed by atoms with Gasteiger partial charge in [-0.15, -0.1) is 0 Å². The van der Waals surface area contributed by atoms with Gasteiger partial charge in [-0.05, 0) is 33.6 Å². The topological polar surface area (TPSA) is 139 Å². The predicted molar refractivity (Wildman–Crippen MR) is 110 cm³/mol. The Kier molecular flexibility index (Phi) is 9.41. The second kappa shape index (κ2) is 10.6. The molecule has 28 heavy (non-hydrogen) atoms. The molecule has 0 radical (unpaired) electrons. The van der Waals surface area contributed by atoms with Gasteiger partial charge in [0.2, 0.25) is 5.91 Å². The van der Waals surface area contributed by atoms with Crippen molar-refractivity contribution in [3.05, 3.63) is 0 Å². The zero-order chi connectivity index (χ0) is 21.4. The Morgan fingerprint density at radius 2 is 1.79 bits per heavy atom. The molecule has 1 aliphatic rings. The molecule has 0 aromatic carbocycles. The van der Waals surface area contributed by atoms with Crippen LogP contribution in [0.4, 0.5) is 4.79 Å². The van der Waals surface area contributed by atoms with Crippen LogP contribution in [0.3, 0.4) is 0 Å². The van der Waals surface area contributed by atoms with Gasteiger partial charge in [-0.3, -0.25) is 9.59 Å². The van der Waals surface area contributed by atoms with Gasteiger partial charge < -0.3 is 20.5 Å². The van der Waals surface area contributed by atoms with E-state index in [0.717, 1.165) is 0 Å². The highest BCUT2D eigenvalue weighted by Crippen LogP contribution is 2.32. The molecule has 2 amide bonds. The highest BCUT2D eigenvalue weighted by molar-refractivity contribution is 8.76. The Balaban J connectivity index is 2.59. The number of carbonyl (C=O) groups excluding carboxylic acids is 2. The fourth-order valence-corrected chi connectivity index (χ4v) is 6.48. The van der Waals surface area contributed by atoms with Gasteiger partial charge in [0.15, 0.2) is 14.6 Å². The average Bonchev–Trinajstić information content (AvgIpc) is 2.85. The summed E-state index contributed by atoms with van der Waals surface area (Å²) in [5, 5.41) is 13.6. The van der Waals surface area contributed by atoms with E-state index < -0.39 is 38.2 Å². The molecule has 0 spiro atoms. The average molecular weight is 457 g/mol. The van der Waals surface area contributed by atoms with Crippen LogP contribution < -0.4 is 10.6 Å². The van der Waals surface area contributed by atoms with Crippen molar-refractivity contribution < 1.29 is 32.6 Å². The molecule has 0 bridgehead atoms. The molecule has 12 heteroatoms. The van der Waals surface area contributed by atoms with Gasteiger partial charge in [0.25, 0.3) is 0 Å². The molecule has 1 unspecified atom stereocenters. The van der Waals surface area contributed by atoms with Crippen molar-refractivity contribution in [1.29, 1.82) is 0 Å². The quantitative estimate of drug-likeness (QED) is 0.329. The first-order valence-electron chi connectivity index (χ1n) is 8.83. The van der Waals surface area contributed by atoms with Crippen molar-refractivity contribution >= 4 is 49.4 Å². The minimum atomic E-state index is -3.71. The van der Waals surface area contributed by atoms with E-state index in [9.17, 15) is 22.8 Å². The van der Waals surface area contributed by atoms with Crippen LogP contribution in [0, 0.1) is 0 Å². The maximum Gasteiger partial charge on any atom is 0.407 e. The normalized spacial score (nSPS) is 21.1. The summed E-state index contributed by atoms with van der Waals surface area (Å²) >= 11 is 0. The summed E-state index contributed by atoms with van der Waals surface area (Å²) in [5.41, 5.74) is -0.733. The highest BCUT2D eigenvalue weighted by Gasteiger charge is 2.53. The second-order valence-corrected chi connectivity index (χ2v) is 12.4. The van der Waals surface area contributed by atoms with Crippen LogP contribution in [0.25, 0.3) is 0 Å². The maximum atomic E-state index is 12.7. The summed E-state index contributed by atoms with van der Waals surface area (Å²) < 4.78 is 28.5. The highest BCUT2D eigenvalue weighted by atomic mass is 33.1. The van der Waals surface area contributed by atoms with E-state index in [1.165, 1.54) is 21.6 Å². The van der Waals surface area contributed by atoms with Gasteiger partial charge in [-0.1, -0.05) is 21.6 Å². The Hall–Kier alpha value is -1.14. The van der Waals surface area contributed by atoms with Crippen molar-refractivity contribution in [2.45, 2.75) is 50.4 Å². The van der Waals surface area contributed by atoms with Crippen molar-refractivity contribution in [2.75, 3.05) is 30.3 Å². The largest absolute Gasteiger partial charge is 0.481 e. The molecule has 9 nitrogen and oxygen atoms in total. The van der Waals surface area contributed by atoms with Crippen molar-refractivity contribution in [3.8, 4) is 0 Å². The third-order valence-electron chi connectivity index (χ3n) is 3.87. The SMILES string of the molecule is CC(C)(C)OC(=O)NCC1(C(=O)NCCSSCCC(=O)O)CCCS1(=O)=O. The van der Waals surface area contributed by atoms with Gasteiger partial charge in [-0.2, -0.15) is 0 Å². The van der Waals surface area contributed by atoms with Crippen molar-refractivity contribution in [1.82, 2.24) is 10.6 Å². The predicted octanol–water partition coefficient (Wildman–Crippen LogP) is 1.43. The second-order valence-electron chi connectivity index (χ2n) is 7.32. The van der Waals surface area contributed by atoms with Crippen LogP contribution in [-0.4, -0.2) is 72.2 Å². The summed E-state index contributed by atoms with van der Waals surface area (Å²) in [6.07, 6.45) is -0.225. The van der Waals surface area contributed by atoms with E-state index in [1.54, 1.807) is 20.8 Å². The van der Waals surface area contributed by atoms with E-state index >= 15 is 0 Å². The fraction of sp³-hybridized carbons (Fsp3) is 0.812. The van der Waals surface area contributed by atoms with Gasteiger partial charge in [0.05, 0.1) is 12.2 Å². The Morgan fingerprint density at radius 1 is 1.14 bits per heavy atom. The summed E-state index contributed by atoms with van der Waals surface area (Å²) in [7, 11) is -0.929. The molecule has 0 saturated carbocycles. The molecular weight excluding hydrogens is 428 g/mol. The number of carbonyl (C=O) groups is 3. The number of hydrogen-bond acceptors (Lipinski definition) is 8. The van der Waals surface area contributed by atoms with Crippen LogP contribution in [0.5, 0.6) is 0 Å². The number of sulfone groups is 1. The number of ether oxygens (including phenoxy) is 1. The lowest BCUT2D eigenvalue weighted by Crippen LogP contribution is -2.57. The third kappa shape index (κ3) is 7.70. The van der Waals surface area contributed by atoms with Crippen molar-refractivity contribution in [3.63, 3.8) is 0 Å². The zero-order valence-corrected chi connectivity index (χ0v) is 18.7. The standard InChI is InChI=1S/C16H28N2O7S3/c1-15(2,3)25-14(22)18-11-16(6-4-10-28(16,23)24)13(21)17-7-9-27-26-8-5-12(19)20/h4-11H2,1-3H3,(H,17,21)(H,18,22)(H,19,20). The monoisotopic (exact) mass is 456 g/mol. The minimum absolute atomic E-state index is 0.0573. The third-order valence-corrected chi connectivity index (χ3v) is 8.83. The Bertz CT molecular complexity index is 676. The Labute approximate surface area is 173 Å². The molecule has 1 saturated heterocycles. The summed E-state index contributed by atoms with van der Waals surface area (Å²) in [6, 6.07) is 0. The first kappa shape index (κ1) is 24.9. The van der Waals surface area contributed by atoms with Crippen LogP contribution in [-0.2, 0) is 24.2 Å². The fourth-order valence-electron chi connectivity index (χ4n) is 2.58. The number of aliphatic carboxylic acids is 1. The minimum Gasteiger partial charge on any atom is -0.481 e. The lowest BCUT2D eigenvalue weighted by molar-refractivity contribution is -0.136. The maximum absolute atomic E-state index is 12.7. The zero-order valence-electron chi connectivity index (χ0n) is 16.3. The summed E-state index contributed by atoms with van der Waals surface area (Å²) in [4.78, 5) is 35.0. The number of alkyl carbamates (subject to hydrolysis) is 1. The molecule has 0 aliphatic carbocycles. The molecule has 1 atom stereocenters. The molecule has 0 aromatic heterocycles. The number of amides is 2. The molecular formula is C16H28N2O7S3. The van der Waals surface area contributed by atoms with E-state index in [0.29, 0.717) is 17.9 Å². The molecule has 1 fully saturated rings. The van der Waals surface area contributed by atoms with E-state index in [2.05, 4.69) is 10.6 Å². The number of nitrogens with one attached hydrogen (secondary N) is 2. The number of hydrogen-bond donors (Lipinski definition) is 3. The summed E-state index contributed by atoms with van der Waals surface area (Å²) in [6.45, 7) is 4.97. The van der Waals surface area contributed by atoms with Crippen LogP contribution in [0.2, 0.25) is 0 Å². The van der Waals surface area contributed by atoms with Crippen LogP contribution in [0.15, 0.2) is 0 Å². The summed E-state index contributed by atoms with van der Waals surface area (Å²) in [5.74, 6) is -0.641.